The molecule has 0 saturated heterocycles. The minimum atomic E-state index is -1.09. The number of hydrogen-bond donors (Lipinski definition) is 1. The third-order valence-corrected chi connectivity index (χ3v) is 4.77. The van der Waals surface area contributed by atoms with Gasteiger partial charge in [0.25, 0.3) is 11.8 Å². The second-order valence-electron chi connectivity index (χ2n) is 7.51. The van der Waals surface area contributed by atoms with Crippen molar-refractivity contribution in [3.63, 3.8) is 0 Å². The van der Waals surface area contributed by atoms with Crippen LogP contribution in [-0.4, -0.2) is 26.9 Å². The lowest BCUT2D eigenvalue weighted by Crippen LogP contribution is -2.49. The van der Waals surface area contributed by atoms with Crippen LogP contribution >= 0.6 is 23.1 Å². The van der Waals surface area contributed by atoms with Gasteiger partial charge in [-0.2, -0.15) is 0 Å². The molecule has 3 rings (SSSR count). The van der Waals surface area contributed by atoms with Gasteiger partial charge in [0, 0.05) is 10.9 Å². The maximum absolute atomic E-state index is 13.4. The molecule has 0 aliphatic heterocycles. The summed E-state index contributed by atoms with van der Waals surface area (Å²) in [6, 6.07) is 9.16. The molecule has 1 atom stereocenters. The highest BCUT2D eigenvalue weighted by atomic mass is 35.5. The molecule has 152 valence electrons. The van der Waals surface area contributed by atoms with Crippen LogP contribution in [0.3, 0.4) is 0 Å². The van der Waals surface area contributed by atoms with Crippen molar-refractivity contribution in [1.82, 2.24) is 14.9 Å². The third-order valence-electron chi connectivity index (χ3n) is 3.95. The van der Waals surface area contributed by atoms with Crippen LogP contribution in [0.4, 0.5) is 5.69 Å². The summed E-state index contributed by atoms with van der Waals surface area (Å²) in [5, 5.41) is 8.65. The number of nitrogens with zero attached hydrogens (tertiary/aromatic N) is 3. The predicted octanol–water partition coefficient (Wildman–Crippen LogP) is 4.40. The topological polar surface area (TPSA) is 88.3 Å². The van der Waals surface area contributed by atoms with Gasteiger partial charge in [0.2, 0.25) is 0 Å². The van der Waals surface area contributed by atoms with Crippen LogP contribution in [0.15, 0.2) is 46.2 Å². The van der Waals surface area contributed by atoms with Crippen molar-refractivity contribution in [2.24, 2.45) is 0 Å². The molecule has 7 nitrogen and oxygen atoms in total. The lowest BCUT2D eigenvalue weighted by atomic mass is 10.1. The summed E-state index contributed by atoms with van der Waals surface area (Å²) in [5.74, 6) is 0.0365. The summed E-state index contributed by atoms with van der Waals surface area (Å²) in [6.07, 6.45) is 0. The van der Waals surface area contributed by atoms with E-state index in [-0.39, 0.29) is 5.69 Å². The molecule has 3 aromatic rings. The number of aryl methyl sites for hydroxylation is 1. The molecule has 0 bridgehead atoms. The van der Waals surface area contributed by atoms with E-state index in [0.29, 0.717) is 22.2 Å². The summed E-state index contributed by atoms with van der Waals surface area (Å²) in [5.41, 5.74) is -0.0315. The molecule has 0 aliphatic rings. The predicted molar refractivity (Wildman–Crippen MR) is 112 cm³/mol. The van der Waals surface area contributed by atoms with Crippen molar-refractivity contribution in [3.05, 3.63) is 64.0 Å². The summed E-state index contributed by atoms with van der Waals surface area (Å²) in [6.45, 7) is 7.36. The Morgan fingerprint density at radius 3 is 2.48 bits per heavy atom. The molecule has 0 fully saturated rings. The first kappa shape index (κ1) is 21.0. The first-order chi connectivity index (χ1) is 13.7. The average Bonchev–Trinajstić information content (AvgIpc) is 3.30. The van der Waals surface area contributed by atoms with Gasteiger partial charge in [-0.1, -0.05) is 28.2 Å². The molecular weight excluding hydrogens is 412 g/mol. The van der Waals surface area contributed by atoms with Gasteiger partial charge in [-0.15, -0.1) is 5.10 Å². The number of aromatic nitrogens is 2. The Labute approximate surface area is 177 Å². The number of furan rings is 1. The maximum atomic E-state index is 13.4. The number of benzene rings is 1. The normalized spacial score (nSPS) is 12.4. The van der Waals surface area contributed by atoms with Crippen molar-refractivity contribution in [2.75, 3.05) is 4.90 Å². The van der Waals surface area contributed by atoms with Crippen LogP contribution < -0.4 is 10.2 Å². The van der Waals surface area contributed by atoms with E-state index >= 15 is 0 Å². The van der Waals surface area contributed by atoms with Gasteiger partial charge in [0.15, 0.2) is 11.7 Å². The molecule has 1 aromatic carbocycles. The number of nitrogens with one attached hydrogen (secondary N) is 1. The highest BCUT2D eigenvalue weighted by Crippen LogP contribution is 2.35. The van der Waals surface area contributed by atoms with Crippen LogP contribution in [0.1, 0.15) is 48.8 Å². The molecule has 0 saturated carbocycles. The molecule has 9 heteroatoms. The first-order valence-corrected chi connectivity index (χ1v) is 10.1. The Morgan fingerprint density at radius 2 is 1.93 bits per heavy atom. The lowest BCUT2D eigenvalue weighted by Gasteiger charge is -2.32. The van der Waals surface area contributed by atoms with Gasteiger partial charge >= 0.3 is 0 Å². The summed E-state index contributed by atoms with van der Waals surface area (Å²) in [4.78, 5) is 28.0. The second kappa shape index (κ2) is 8.34. The van der Waals surface area contributed by atoms with Crippen LogP contribution in [-0.2, 0) is 4.79 Å². The lowest BCUT2D eigenvalue weighted by molar-refractivity contribution is -0.124. The zero-order chi connectivity index (χ0) is 21.2. The number of halogens is 1. The summed E-state index contributed by atoms with van der Waals surface area (Å²) >= 11 is 7.46. The van der Waals surface area contributed by atoms with Crippen molar-refractivity contribution < 1.29 is 14.0 Å². The van der Waals surface area contributed by atoms with E-state index in [9.17, 15) is 9.59 Å². The molecule has 0 spiro atoms. The Balaban J connectivity index is 2.18. The minimum Gasteiger partial charge on any atom is -0.464 e. The third kappa shape index (κ3) is 4.83. The second-order valence-corrected chi connectivity index (χ2v) is 8.52. The van der Waals surface area contributed by atoms with Gasteiger partial charge in [0.1, 0.15) is 11.5 Å². The van der Waals surface area contributed by atoms with E-state index in [2.05, 4.69) is 14.9 Å². The van der Waals surface area contributed by atoms with Crippen LogP contribution in [0.5, 0.6) is 0 Å². The Morgan fingerprint density at radius 1 is 1.21 bits per heavy atom. The fraction of sp³-hybridized carbons (Fsp3) is 0.300. The van der Waals surface area contributed by atoms with E-state index in [1.165, 1.54) is 10.3 Å². The number of rotatable bonds is 5. The molecule has 2 heterocycles. The van der Waals surface area contributed by atoms with Crippen LogP contribution in [0, 0.1) is 6.92 Å². The van der Waals surface area contributed by atoms with E-state index in [0.717, 1.165) is 11.5 Å². The van der Waals surface area contributed by atoms with Gasteiger partial charge in [-0.05, 0) is 63.5 Å². The van der Waals surface area contributed by atoms with Gasteiger partial charge in [-0.25, -0.2) is 0 Å². The zero-order valence-electron chi connectivity index (χ0n) is 16.5. The molecule has 29 heavy (non-hydrogen) atoms. The number of carbonyl (C=O) groups excluding carboxylic acids is 2. The number of hydrogen-bond acceptors (Lipinski definition) is 6. The first-order valence-electron chi connectivity index (χ1n) is 8.91. The molecule has 0 radical (unpaired) electrons. The number of para-hydroxylation sites is 1. The molecular formula is C20H21ClN4O3S. The highest BCUT2D eigenvalue weighted by Gasteiger charge is 2.38. The van der Waals surface area contributed by atoms with Crippen LogP contribution in [0.25, 0.3) is 0 Å². The maximum Gasteiger partial charge on any atom is 0.280 e. The smallest absolute Gasteiger partial charge is 0.280 e. The molecule has 0 aliphatic carbocycles. The molecule has 1 N–H and O–H groups in total. The van der Waals surface area contributed by atoms with Crippen LogP contribution in [0.2, 0.25) is 5.02 Å². The Bertz CT molecular complexity index is 1010. The zero-order valence-corrected chi connectivity index (χ0v) is 18.0. The fourth-order valence-electron chi connectivity index (χ4n) is 2.81. The fourth-order valence-corrected chi connectivity index (χ4v) is 3.46. The monoisotopic (exact) mass is 432 g/mol. The van der Waals surface area contributed by atoms with E-state index in [1.54, 1.807) is 43.3 Å². The standard InChI is InChI=1S/C20H21ClN4O3S/c1-12-9-10-16(28-12)17(18(26)22-20(2,3)4)25(15-8-6-5-7-13(15)21)19(27)14-11-29-24-23-14/h5-11,17H,1-4H3,(H,22,26)/t17-/m1/s1. The van der Waals surface area contributed by atoms with Crippen molar-refractivity contribution in [1.29, 1.82) is 0 Å². The Hall–Kier alpha value is -2.71. The minimum absolute atomic E-state index is 0.117. The van der Waals surface area contributed by atoms with E-state index in [4.69, 9.17) is 16.0 Å². The average molecular weight is 433 g/mol. The van der Waals surface area contributed by atoms with E-state index in [1.807, 2.05) is 20.8 Å². The van der Waals surface area contributed by atoms with Crippen molar-refractivity contribution in [2.45, 2.75) is 39.3 Å². The molecule has 2 amide bonds. The van der Waals surface area contributed by atoms with Gasteiger partial charge < -0.3 is 9.73 Å². The quantitative estimate of drug-likeness (QED) is 0.645. The van der Waals surface area contributed by atoms with Crippen molar-refractivity contribution >= 4 is 40.6 Å². The van der Waals surface area contributed by atoms with Gasteiger partial charge in [-0.3, -0.25) is 14.5 Å². The molecule has 2 aromatic heterocycles. The largest absolute Gasteiger partial charge is 0.464 e. The van der Waals surface area contributed by atoms with E-state index < -0.39 is 23.4 Å². The number of amides is 2. The summed E-state index contributed by atoms with van der Waals surface area (Å²) in [7, 11) is 0. The number of anilines is 1. The molecule has 0 unspecified atom stereocenters. The Kier molecular flexibility index (Phi) is 6.04. The van der Waals surface area contributed by atoms with Gasteiger partial charge in [0.05, 0.1) is 10.7 Å². The SMILES string of the molecule is Cc1ccc([C@H](C(=O)NC(C)(C)C)N(C(=O)c2csnn2)c2ccccc2Cl)o1. The summed E-state index contributed by atoms with van der Waals surface area (Å²) < 4.78 is 9.53. The highest BCUT2D eigenvalue weighted by molar-refractivity contribution is 7.03. The number of carbonyl (C=O) groups is 2. The van der Waals surface area contributed by atoms with Crippen molar-refractivity contribution in [3.8, 4) is 0 Å².